The van der Waals surface area contributed by atoms with Crippen molar-refractivity contribution in [3.05, 3.63) is 100 Å². The van der Waals surface area contributed by atoms with Crippen LogP contribution in [0.25, 0.3) is 22.0 Å². The topological polar surface area (TPSA) is 69.9 Å². The number of carbonyl (C=O) groups excluding carboxylic acids is 2. The lowest BCUT2D eigenvalue weighted by molar-refractivity contribution is -0.0105. The lowest BCUT2D eigenvalue weighted by Crippen LogP contribution is -2.52. The van der Waals surface area contributed by atoms with Crippen molar-refractivity contribution in [3.63, 3.8) is 0 Å². The number of hydrogen-bond donors (Lipinski definition) is 0. The molecule has 2 amide bonds. The first kappa shape index (κ1) is 31.6. The first-order valence-electron chi connectivity index (χ1n) is 16.5. The van der Waals surface area contributed by atoms with Crippen molar-refractivity contribution in [1.29, 1.82) is 0 Å². The third-order valence-electron chi connectivity index (χ3n) is 10.9. The monoisotopic (exact) mass is 654 g/mol. The summed E-state index contributed by atoms with van der Waals surface area (Å²) in [6, 6.07) is 18.4. The average Bonchev–Trinajstić information content (AvgIpc) is 3.46. The zero-order valence-corrected chi connectivity index (χ0v) is 27.9. The second-order valence-electron chi connectivity index (χ2n) is 13.8. The minimum Gasteiger partial charge on any atom is -0.360 e. The van der Waals surface area contributed by atoms with Crippen LogP contribution in [0.3, 0.4) is 0 Å². The third kappa shape index (κ3) is 5.87. The molecule has 2 fully saturated rings. The molecule has 2 bridgehead atoms. The van der Waals surface area contributed by atoms with Crippen molar-refractivity contribution in [3.8, 4) is 11.3 Å². The van der Waals surface area contributed by atoms with Crippen LogP contribution in [0.5, 0.6) is 0 Å². The number of aromatic nitrogens is 1. The Morgan fingerprint density at radius 3 is 2.53 bits per heavy atom. The van der Waals surface area contributed by atoms with Gasteiger partial charge in [-0.2, -0.15) is 0 Å². The van der Waals surface area contributed by atoms with E-state index in [1.807, 2.05) is 52.3 Å². The molecule has 3 aromatic carbocycles. The summed E-state index contributed by atoms with van der Waals surface area (Å²) in [5.41, 5.74) is 2.64. The molecule has 0 spiro atoms. The van der Waals surface area contributed by atoms with E-state index < -0.39 is 5.82 Å². The Morgan fingerprint density at radius 2 is 1.81 bits per heavy atom. The SMILES string of the molecule is Cc1onc(-c2c(F)cccc2Cl)c1C(=O)N(CCN1CCN(C(=O)c2ccc3ccccc3c2)CC1)CC1=CCC2CC1C2(C)C. The number of carbonyl (C=O) groups is 2. The molecule has 7 nitrogen and oxygen atoms in total. The summed E-state index contributed by atoms with van der Waals surface area (Å²) in [5, 5.41) is 6.45. The first-order valence-corrected chi connectivity index (χ1v) is 16.9. The molecule has 9 heteroatoms. The van der Waals surface area contributed by atoms with E-state index in [9.17, 15) is 9.59 Å². The fraction of sp³-hybridized carbons (Fsp3) is 0.395. The van der Waals surface area contributed by atoms with Gasteiger partial charge in [0.1, 0.15) is 22.8 Å². The highest BCUT2D eigenvalue weighted by molar-refractivity contribution is 6.33. The van der Waals surface area contributed by atoms with Gasteiger partial charge in [-0.15, -0.1) is 0 Å². The van der Waals surface area contributed by atoms with Crippen molar-refractivity contribution >= 4 is 34.2 Å². The van der Waals surface area contributed by atoms with Gasteiger partial charge in [0, 0.05) is 51.4 Å². The van der Waals surface area contributed by atoms with E-state index in [1.165, 1.54) is 17.7 Å². The molecule has 1 aliphatic heterocycles. The van der Waals surface area contributed by atoms with E-state index in [4.69, 9.17) is 16.1 Å². The second kappa shape index (κ2) is 12.5. The van der Waals surface area contributed by atoms with Crippen molar-refractivity contribution in [1.82, 2.24) is 19.9 Å². The highest BCUT2D eigenvalue weighted by atomic mass is 35.5. The van der Waals surface area contributed by atoms with Crippen LogP contribution in [0.15, 0.2) is 76.8 Å². The van der Waals surface area contributed by atoms with Gasteiger partial charge in [-0.25, -0.2) is 4.39 Å². The molecule has 4 aliphatic rings. The van der Waals surface area contributed by atoms with Gasteiger partial charge >= 0.3 is 0 Å². The fourth-order valence-electron chi connectivity index (χ4n) is 7.75. The minimum absolute atomic E-state index is 0.0418. The highest BCUT2D eigenvalue weighted by Gasteiger charge is 2.51. The van der Waals surface area contributed by atoms with Crippen LogP contribution in [0.2, 0.25) is 5.02 Å². The van der Waals surface area contributed by atoms with Crippen LogP contribution in [-0.2, 0) is 0 Å². The van der Waals surface area contributed by atoms with Gasteiger partial charge in [0.15, 0.2) is 0 Å². The minimum atomic E-state index is -0.556. The molecule has 47 heavy (non-hydrogen) atoms. The Morgan fingerprint density at radius 1 is 1.04 bits per heavy atom. The summed E-state index contributed by atoms with van der Waals surface area (Å²) in [6.45, 7) is 10.6. The lowest BCUT2D eigenvalue weighted by Gasteiger charge is -2.57. The number of aryl methyl sites for hydroxylation is 1. The first-order chi connectivity index (χ1) is 22.6. The highest BCUT2D eigenvalue weighted by Crippen LogP contribution is 2.59. The molecule has 0 N–H and O–H groups in total. The Bertz CT molecular complexity index is 1860. The Labute approximate surface area is 279 Å². The number of amides is 2. The van der Waals surface area contributed by atoms with Crippen LogP contribution in [-0.4, -0.2) is 77.5 Å². The lowest BCUT2D eigenvalue weighted by atomic mass is 9.49. The Hall–Kier alpha value is -4.01. The maximum atomic E-state index is 15.0. The number of halogens is 2. The number of allylic oxidation sites excluding steroid dienone is 1. The van der Waals surface area contributed by atoms with E-state index in [0.29, 0.717) is 69.0 Å². The van der Waals surface area contributed by atoms with Crippen molar-refractivity contribution < 1.29 is 18.5 Å². The van der Waals surface area contributed by atoms with Crippen LogP contribution in [0.4, 0.5) is 4.39 Å². The summed E-state index contributed by atoms with van der Waals surface area (Å²) >= 11 is 6.41. The van der Waals surface area contributed by atoms with Gasteiger partial charge in [-0.05, 0) is 72.1 Å². The maximum Gasteiger partial charge on any atom is 0.260 e. The Balaban J connectivity index is 1.07. The fourth-order valence-corrected chi connectivity index (χ4v) is 8.00. The standard InChI is InChI=1S/C38H40ClFN4O3/c1-24-33(35(41-47-24)34-31(39)9-6-10-32(34)40)37(46)44(23-28-13-14-29-22-30(28)38(29,2)3)20-17-42-15-18-43(19-16-42)36(45)27-12-11-25-7-4-5-8-26(25)21-27/h4-13,21,29-30H,14-20,22-23H2,1-3H3. The quantitative estimate of drug-likeness (QED) is 0.184. The molecule has 2 atom stereocenters. The molecular formula is C38H40ClFN4O3. The number of fused-ring (bicyclic) bond motifs is 2. The summed E-state index contributed by atoms with van der Waals surface area (Å²) < 4.78 is 20.5. The molecule has 1 aromatic heterocycles. The van der Waals surface area contributed by atoms with E-state index >= 15 is 4.39 Å². The molecule has 2 heterocycles. The van der Waals surface area contributed by atoms with Crippen LogP contribution < -0.4 is 0 Å². The van der Waals surface area contributed by atoms with Crippen LogP contribution in [0, 0.1) is 30.0 Å². The number of nitrogens with zero attached hydrogens (tertiary/aromatic N) is 4. The number of benzene rings is 3. The van der Waals surface area contributed by atoms with Gasteiger partial charge in [0.05, 0.1) is 10.6 Å². The predicted molar refractivity (Wildman–Crippen MR) is 182 cm³/mol. The summed E-state index contributed by atoms with van der Waals surface area (Å²) in [7, 11) is 0. The van der Waals surface area contributed by atoms with E-state index in [-0.39, 0.29) is 39.1 Å². The van der Waals surface area contributed by atoms with Gasteiger partial charge in [0.2, 0.25) is 0 Å². The molecule has 1 saturated carbocycles. The van der Waals surface area contributed by atoms with E-state index in [2.05, 4.69) is 30.0 Å². The molecule has 244 valence electrons. The van der Waals surface area contributed by atoms with Crippen molar-refractivity contribution in [2.75, 3.05) is 45.8 Å². The molecular weight excluding hydrogens is 615 g/mol. The smallest absolute Gasteiger partial charge is 0.260 e. The molecule has 8 rings (SSSR count). The van der Waals surface area contributed by atoms with E-state index in [1.54, 1.807) is 13.0 Å². The van der Waals surface area contributed by atoms with Crippen molar-refractivity contribution in [2.24, 2.45) is 17.3 Å². The molecule has 3 aliphatic carbocycles. The summed E-state index contributed by atoms with van der Waals surface area (Å²) in [4.78, 5) is 33.9. The normalized spacial score (nSPS) is 20.5. The van der Waals surface area contributed by atoms with Crippen LogP contribution >= 0.6 is 11.6 Å². The van der Waals surface area contributed by atoms with Gasteiger partial charge < -0.3 is 14.3 Å². The summed E-state index contributed by atoms with van der Waals surface area (Å²) in [6.07, 6.45) is 4.49. The largest absolute Gasteiger partial charge is 0.360 e. The number of rotatable bonds is 8. The Kier molecular flexibility index (Phi) is 8.43. The zero-order valence-electron chi connectivity index (χ0n) is 27.1. The second-order valence-corrected chi connectivity index (χ2v) is 14.2. The van der Waals surface area contributed by atoms with Crippen molar-refractivity contribution in [2.45, 2.75) is 33.6 Å². The van der Waals surface area contributed by atoms with Gasteiger partial charge in [-0.1, -0.05) is 78.7 Å². The van der Waals surface area contributed by atoms with Crippen LogP contribution in [0.1, 0.15) is 53.2 Å². The zero-order chi connectivity index (χ0) is 32.9. The van der Waals surface area contributed by atoms with Gasteiger partial charge in [0.25, 0.3) is 11.8 Å². The third-order valence-corrected chi connectivity index (χ3v) is 11.2. The number of piperazine rings is 1. The maximum absolute atomic E-state index is 15.0. The average molecular weight is 655 g/mol. The van der Waals surface area contributed by atoms with E-state index in [0.717, 1.165) is 23.6 Å². The molecule has 2 unspecified atom stereocenters. The number of hydrogen-bond acceptors (Lipinski definition) is 5. The van der Waals surface area contributed by atoms with Gasteiger partial charge in [-0.3, -0.25) is 14.5 Å². The predicted octanol–water partition coefficient (Wildman–Crippen LogP) is 7.49. The molecule has 4 aromatic rings. The summed E-state index contributed by atoms with van der Waals surface area (Å²) in [5.74, 6) is 0.689. The molecule has 1 saturated heterocycles. The molecule has 0 radical (unpaired) electrons.